The molecule has 1 N–H and O–H groups in total. The number of rotatable bonds is 3. The van der Waals surface area contributed by atoms with E-state index < -0.39 is 29.6 Å². The molecule has 19 heavy (non-hydrogen) atoms. The Bertz CT molecular complexity index is 439. The molecule has 104 valence electrons. The fourth-order valence-electron chi connectivity index (χ4n) is 2.30. The first-order valence-electron chi connectivity index (χ1n) is 6.40. The summed E-state index contributed by atoms with van der Waals surface area (Å²) in [5.74, 6) is -2.35. The molecule has 1 aromatic rings. The van der Waals surface area contributed by atoms with E-state index in [2.05, 4.69) is 0 Å². The van der Waals surface area contributed by atoms with E-state index in [1.807, 2.05) is 0 Å². The number of aldehydes is 1. The van der Waals surface area contributed by atoms with Gasteiger partial charge in [-0.3, -0.25) is 4.79 Å². The first kappa shape index (κ1) is 13.9. The van der Waals surface area contributed by atoms with E-state index in [4.69, 9.17) is 4.74 Å². The second-order valence-electron chi connectivity index (χ2n) is 4.79. The Kier molecular flexibility index (Phi) is 4.47. The highest BCUT2D eigenvalue weighted by Gasteiger charge is 2.25. The van der Waals surface area contributed by atoms with Crippen LogP contribution in [0.25, 0.3) is 0 Å². The number of halogens is 2. The van der Waals surface area contributed by atoms with Crippen LogP contribution in [0.3, 0.4) is 0 Å². The van der Waals surface area contributed by atoms with Gasteiger partial charge in [0, 0.05) is 5.56 Å². The smallest absolute Gasteiger partial charge is 0.191 e. The zero-order valence-electron chi connectivity index (χ0n) is 10.4. The highest BCUT2D eigenvalue weighted by molar-refractivity contribution is 5.75. The molecule has 1 aliphatic carbocycles. The molecule has 1 aliphatic rings. The molecule has 2 unspecified atom stereocenters. The molecule has 0 saturated heterocycles. The number of carbonyl (C=O) groups is 1. The van der Waals surface area contributed by atoms with Gasteiger partial charge in [-0.15, -0.1) is 0 Å². The van der Waals surface area contributed by atoms with Crippen LogP contribution in [0.1, 0.15) is 42.5 Å². The van der Waals surface area contributed by atoms with Crippen molar-refractivity contribution in [2.75, 3.05) is 0 Å². The Balaban J connectivity index is 2.20. The van der Waals surface area contributed by atoms with E-state index in [1.54, 1.807) is 0 Å². The lowest BCUT2D eigenvalue weighted by molar-refractivity contribution is 0.0274. The molecule has 1 aromatic carbocycles. The fourth-order valence-corrected chi connectivity index (χ4v) is 2.30. The second kappa shape index (κ2) is 6.10. The summed E-state index contributed by atoms with van der Waals surface area (Å²) in [6.07, 6.45) is 2.91. The molecule has 0 bridgehead atoms. The van der Waals surface area contributed by atoms with Gasteiger partial charge in [-0.05, 0) is 31.4 Å². The molecular formula is C14H16F2O3. The van der Waals surface area contributed by atoms with Crippen molar-refractivity contribution in [2.24, 2.45) is 0 Å². The lowest BCUT2D eigenvalue weighted by Gasteiger charge is -2.22. The summed E-state index contributed by atoms with van der Waals surface area (Å²) in [5, 5.41) is 9.87. The maximum atomic E-state index is 13.7. The first-order chi connectivity index (χ1) is 9.11. The van der Waals surface area contributed by atoms with Crippen molar-refractivity contribution in [1.82, 2.24) is 0 Å². The van der Waals surface area contributed by atoms with Gasteiger partial charge in [-0.2, -0.15) is 0 Å². The second-order valence-corrected chi connectivity index (χ2v) is 4.79. The summed E-state index contributed by atoms with van der Waals surface area (Å²) in [7, 11) is 0. The maximum absolute atomic E-state index is 13.7. The number of hydrogen-bond donors (Lipinski definition) is 1. The van der Waals surface area contributed by atoms with E-state index in [-0.39, 0.29) is 5.56 Å². The molecule has 0 spiro atoms. The molecule has 0 radical (unpaired) electrons. The number of benzene rings is 1. The van der Waals surface area contributed by atoms with Gasteiger partial charge in [-0.25, -0.2) is 8.78 Å². The van der Waals surface area contributed by atoms with Crippen molar-refractivity contribution in [3.8, 4) is 5.75 Å². The lowest BCUT2D eigenvalue weighted by Crippen LogP contribution is -2.31. The molecular weight excluding hydrogens is 254 g/mol. The standard InChI is InChI=1S/C14H16F2O3/c15-10-6-9(8-17)7-11(16)14(10)19-13-5-3-1-2-4-12(13)18/h6-8,12-13,18H,1-5H2. The third-order valence-corrected chi connectivity index (χ3v) is 3.34. The van der Waals surface area contributed by atoms with E-state index in [0.29, 0.717) is 19.1 Å². The molecule has 2 atom stereocenters. The predicted molar refractivity (Wildman–Crippen MR) is 65.3 cm³/mol. The van der Waals surface area contributed by atoms with Crippen LogP contribution in [0.15, 0.2) is 12.1 Å². The third kappa shape index (κ3) is 3.29. The number of hydrogen-bond acceptors (Lipinski definition) is 3. The predicted octanol–water partition coefficient (Wildman–Crippen LogP) is 2.85. The van der Waals surface area contributed by atoms with E-state index >= 15 is 0 Å². The van der Waals surface area contributed by atoms with Gasteiger partial charge in [0.2, 0.25) is 0 Å². The summed E-state index contributed by atoms with van der Waals surface area (Å²) in [6, 6.07) is 1.85. The molecule has 1 fully saturated rings. The zero-order valence-corrected chi connectivity index (χ0v) is 10.4. The molecule has 0 heterocycles. The summed E-state index contributed by atoms with van der Waals surface area (Å²) in [6.45, 7) is 0. The largest absolute Gasteiger partial charge is 0.482 e. The van der Waals surface area contributed by atoms with Gasteiger partial charge in [-0.1, -0.05) is 12.8 Å². The van der Waals surface area contributed by atoms with Gasteiger partial charge in [0.05, 0.1) is 6.10 Å². The van der Waals surface area contributed by atoms with Crippen LogP contribution in [0.4, 0.5) is 8.78 Å². The Hall–Kier alpha value is -1.49. The highest BCUT2D eigenvalue weighted by atomic mass is 19.1. The van der Waals surface area contributed by atoms with E-state index in [9.17, 15) is 18.7 Å². The fraction of sp³-hybridized carbons (Fsp3) is 0.500. The van der Waals surface area contributed by atoms with Crippen LogP contribution < -0.4 is 4.74 Å². The number of carbonyl (C=O) groups excluding carboxylic acids is 1. The van der Waals surface area contributed by atoms with Crippen LogP contribution in [-0.2, 0) is 0 Å². The van der Waals surface area contributed by atoms with Crippen LogP contribution in [0.2, 0.25) is 0 Å². The molecule has 0 amide bonds. The molecule has 0 aromatic heterocycles. The van der Waals surface area contributed by atoms with Crippen molar-refractivity contribution in [3.05, 3.63) is 29.3 Å². The van der Waals surface area contributed by atoms with Gasteiger partial charge >= 0.3 is 0 Å². The lowest BCUT2D eigenvalue weighted by atomic mass is 10.1. The summed E-state index contributed by atoms with van der Waals surface area (Å²) in [5.41, 5.74) is -0.0798. The number of aliphatic hydroxyl groups is 1. The Labute approximate surface area is 110 Å². The van der Waals surface area contributed by atoms with Crippen molar-refractivity contribution < 1.29 is 23.4 Å². The maximum Gasteiger partial charge on any atom is 0.191 e. The van der Waals surface area contributed by atoms with Crippen molar-refractivity contribution in [3.63, 3.8) is 0 Å². The molecule has 5 heteroatoms. The summed E-state index contributed by atoms with van der Waals surface area (Å²) < 4.78 is 32.6. The average Bonchev–Trinajstić information content (AvgIpc) is 2.58. The number of ether oxygens (including phenoxy) is 1. The zero-order chi connectivity index (χ0) is 13.8. The first-order valence-corrected chi connectivity index (χ1v) is 6.40. The minimum absolute atomic E-state index is 0.0798. The van der Waals surface area contributed by atoms with Gasteiger partial charge in [0.1, 0.15) is 12.4 Å². The normalized spacial score (nSPS) is 23.7. The van der Waals surface area contributed by atoms with Crippen molar-refractivity contribution >= 4 is 6.29 Å². The monoisotopic (exact) mass is 270 g/mol. The Morgan fingerprint density at radius 1 is 1.16 bits per heavy atom. The molecule has 2 rings (SSSR count). The average molecular weight is 270 g/mol. The minimum atomic E-state index is -0.918. The van der Waals surface area contributed by atoms with Crippen LogP contribution in [0.5, 0.6) is 5.75 Å². The minimum Gasteiger partial charge on any atom is -0.482 e. The van der Waals surface area contributed by atoms with E-state index in [0.717, 1.165) is 31.4 Å². The molecule has 0 aliphatic heterocycles. The Morgan fingerprint density at radius 2 is 1.79 bits per heavy atom. The third-order valence-electron chi connectivity index (χ3n) is 3.34. The van der Waals surface area contributed by atoms with Crippen LogP contribution >= 0.6 is 0 Å². The molecule has 3 nitrogen and oxygen atoms in total. The van der Waals surface area contributed by atoms with Gasteiger partial charge in [0.25, 0.3) is 0 Å². The number of aliphatic hydroxyl groups excluding tert-OH is 1. The highest BCUT2D eigenvalue weighted by Crippen LogP contribution is 2.28. The van der Waals surface area contributed by atoms with Crippen molar-refractivity contribution in [2.45, 2.75) is 44.3 Å². The van der Waals surface area contributed by atoms with E-state index in [1.165, 1.54) is 0 Å². The quantitative estimate of drug-likeness (QED) is 0.678. The van der Waals surface area contributed by atoms with Gasteiger partial charge in [0.15, 0.2) is 17.4 Å². The summed E-state index contributed by atoms with van der Waals surface area (Å²) >= 11 is 0. The van der Waals surface area contributed by atoms with Crippen LogP contribution in [-0.4, -0.2) is 23.6 Å². The van der Waals surface area contributed by atoms with Crippen molar-refractivity contribution in [1.29, 1.82) is 0 Å². The van der Waals surface area contributed by atoms with Gasteiger partial charge < -0.3 is 9.84 Å². The Morgan fingerprint density at radius 3 is 2.42 bits per heavy atom. The molecule has 1 saturated carbocycles. The topological polar surface area (TPSA) is 46.5 Å². The SMILES string of the molecule is O=Cc1cc(F)c(OC2CCCCCC2O)c(F)c1. The van der Waals surface area contributed by atoms with Crippen LogP contribution in [0, 0.1) is 11.6 Å². The summed E-state index contributed by atoms with van der Waals surface area (Å²) in [4.78, 5) is 10.5.